The van der Waals surface area contributed by atoms with Crippen molar-refractivity contribution in [2.75, 3.05) is 7.05 Å². The van der Waals surface area contributed by atoms with E-state index in [1.807, 2.05) is 0 Å². The number of aliphatic hydroxyl groups excluding tert-OH is 1. The molecule has 0 aromatic heterocycles. The van der Waals surface area contributed by atoms with Gasteiger partial charge in [-0.25, -0.2) is 5.48 Å². The maximum Gasteiger partial charge on any atom is 0.272 e. The number of amides is 3. The average molecular weight is 357 g/mol. The van der Waals surface area contributed by atoms with Gasteiger partial charge in [0, 0.05) is 7.05 Å². The van der Waals surface area contributed by atoms with E-state index in [1.165, 1.54) is 18.9 Å². The Morgan fingerprint density at radius 1 is 1.04 bits per heavy atom. The Morgan fingerprint density at radius 2 is 1.64 bits per heavy atom. The molecule has 1 rings (SSSR count). The van der Waals surface area contributed by atoms with E-state index in [0.29, 0.717) is 12.3 Å². The maximum atomic E-state index is 12.6. The Labute approximate surface area is 148 Å². The van der Waals surface area contributed by atoms with Gasteiger partial charge in [-0.3, -0.25) is 19.6 Å². The zero-order chi connectivity index (χ0) is 19.0. The largest absolute Gasteiger partial charge is 0.382 e. The van der Waals surface area contributed by atoms with Crippen molar-refractivity contribution in [3.8, 4) is 0 Å². The number of hydrogen-bond donors (Lipinski definition) is 5. The fourth-order valence-corrected chi connectivity index (χ4v) is 3.47. The van der Waals surface area contributed by atoms with Gasteiger partial charge >= 0.3 is 0 Å². The van der Waals surface area contributed by atoms with Gasteiger partial charge in [0.15, 0.2) is 0 Å². The molecular weight excluding hydrogens is 326 g/mol. The number of hydrogen-bond acceptors (Lipinski definition) is 5. The highest BCUT2D eigenvalue weighted by Gasteiger charge is 2.36. The summed E-state index contributed by atoms with van der Waals surface area (Å²) in [4.78, 5) is 36.3. The molecular formula is C17H31N3O5. The lowest BCUT2D eigenvalue weighted by molar-refractivity contribution is -0.148. The third kappa shape index (κ3) is 6.28. The number of hydroxylamine groups is 1. The minimum absolute atomic E-state index is 0.289. The molecule has 3 unspecified atom stereocenters. The van der Waals surface area contributed by atoms with Crippen molar-refractivity contribution in [2.24, 2.45) is 17.8 Å². The molecule has 1 aliphatic rings. The molecule has 0 aromatic carbocycles. The Balaban J connectivity index is 2.82. The van der Waals surface area contributed by atoms with Crippen molar-refractivity contribution in [1.29, 1.82) is 0 Å². The van der Waals surface area contributed by atoms with E-state index in [0.717, 1.165) is 25.7 Å². The summed E-state index contributed by atoms with van der Waals surface area (Å²) in [5, 5.41) is 23.9. The molecule has 25 heavy (non-hydrogen) atoms. The van der Waals surface area contributed by atoms with E-state index in [1.54, 1.807) is 13.8 Å². The summed E-state index contributed by atoms with van der Waals surface area (Å²) in [6.45, 7) is 3.38. The van der Waals surface area contributed by atoms with Crippen LogP contribution < -0.4 is 16.1 Å². The fourth-order valence-electron chi connectivity index (χ4n) is 3.47. The molecule has 3 atom stereocenters. The van der Waals surface area contributed by atoms with Gasteiger partial charge in [-0.1, -0.05) is 46.0 Å². The summed E-state index contributed by atoms with van der Waals surface area (Å²) in [6.07, 6.45) is 4.37. The molecule has 0 heterocycles. The predicted molar refractivity (Wildman–Crippen MR) is 91.5 cm³/mol. The molecule has 144 valence electrons. The minimum Gasteiger partial charge on any atom is -0.382 e. The van der Waals surface area contributed by atoms with Crippen LogP contribution in [0.2, 0.25) is 0 Å². The predicted octanol–water partition coefficient (Wildman–Crippen LogP) is 0.326. The molecule has 1 saturated carbocycles. The summed E-state index contributed by atoms with van der Waals surface area (Å²) in [6, 6.07) is -0.703. The summed E-state index contributed by atoms with van der Waals surface area (Å²) in [7, 11) is 1.51. The molecule has 8 heteroatoms. The Hall–Kier alpha value is -1.67. The van der Waals surface area contributed by atoms with Crippen LogP contribution >= 0.6 is 0 Å². The van der Waals surface area contributed by atoms with Crippen molar-refractivity contribution >= 4 is 17.7 Å². The number of carbonyl (C=O) groups excluding carboxylic acids is 3. The van der Waals surface area contributed by atoms with Gasteiger partial charge in [0.1, 0.15) is 12.1 Å². The molecule has 0 spiro atoms. The standard InChI is InChI=1S/C17H31N3O5/c1-10(2)13(14(21)17(24)20-25)16(23)19-12(15(22)18-3)9-11-7-5-4-6-8-11/h10-14,21,25H,4-9H2,1-3H3,(H,18,22)(H,19,23)(H,20,24). The first-order valence-corrected chi connectivity index (χ1v) is 8.95. The van der Waals surface area contributed by atoms with Crippen molar-refractivity contribution in [2.45, 2.75) is 64.5 Å². The van der Waals surface area contributed by atoms with Gasteiger partial charge in [0.05, 0.1) is 5.92 Å². The van der Waals surface area contributed by atoms with E-state index >= 15 is 0 Å². The lowest BCUT2D eigenvalue weighted by atomic mass is 9.84. The van der Waals surface area contributed by atoms with Crippen LogP contribution in [0.1, 0.15) is 52.4 Å². The third-order valence-electron chi connectivity index (χ3n) is 4.91. The molecule has 1 aliphatic carbocycles. The summed E-state index contributed by atoms with van der Waals surface area (Å²) >= 11 is 0. The SMILES string of the molecule is CNC(=O)C(CC1CCCCC1)NC(=O)C(C(C)C)C(O)C(=O)NO. The van der Waals surface area contributed by atoms with Crippen LogP contribution in [0.4, 0.5) is 0 Å². The molecule has 5 N–H and O–H groups in total. The topological polar surface area (TPSA) is 128 Å². The highest BCUT2D eigenvalue weighted by molar-refractivity contribution is 5.92. The second kappa shape index (κ2) is 10.4. The zero-order valence-electron chi connectivity index (χ0n) is 15.2. The Bertz CT molecular complexity index is 463. The second-order valence-corrected chi connectivity index (χ2v) is 7.11. The number of carbonyl (C=O) groups is 3. The smallest absolute Gasteiger partial charge is 0.272 e. The van der Waals surface area contributed by atoms with E-state index in [4.69, 9.17) is 5.21 Å². The van der Waals surface area contributed by atoms with Gasteiger partial charge in [-0.05, 0) is 18.3 Å². The van der Waals surface area contributed by atoms with E-state index < -0.39 is 29.9 Å². The van der Waals surface area contributed by atoms with Crippen LogP contribution in [0.5, 0.6) is 0 Å². The Kier molecular flexibility index (Phi) is 8.85. The zero-order valence-corrected chi connectivity index (χ0v) is 15.2. The fraction of sp³-hybridized carbons (Fsp3) is 0.824. The normalized spacial score (nSPS) is 19.0. The van der Waals surface area contributed by atoms with Crippen LogP contribution in [0.3, 0.4) is 0 Å². The monoisotopic (exact) mass is 357 g/mol. The first-order valence-electron chi connectivity index (χ1n) is 8.95. The quantitative estimate of drug-likeness (QED) is 0.316. The van der Waals surface area contributed by atoms with Crippen molar-refractivity contribution in [3.05, 3.63) is 0 Å². The molecule has 0 aromatic rings. The number of likely N-dealkylation sites (N-methyl/N-ethyl adjacent to an activating group) is 1. The van der Waals surface area contributed by atoms with Gasteiger partial charge < -0.3 is 15.7 Å². The first-order chi connectivity index (χ1) is 11.8. The minimum atomic E-state index is -1.69. The number of nitrogens with one attached hydrogen (secondary N) is 3. The summed E-state index contributed by atoms with van der Waals surface area (Å²) < 4.78 is 0. The van der Waals surface area contributed by atoms with E-state index in [2.05, 4.69) is 10.6 Å². The molecule has 0 aliphatic heterocycles. The second-order valence-electron chi connectivity index (χ2n) is 7.11. The van der Waals surface area contributed by atoms with Crippen LogP contribution in [0, 0.1) is 17.8 Å². The number of rotatable bonds is 8. The van der Waals surface area contributed by atoms with Crippen molar-refractivity contribution < 1.29 is 24.7 Å². The highest BCUT2D eigenvalue weighted by atomic mass is 16.5. The summed E-state index contributed by atoms with van der Waals surface area (Å²) in [5.41, 5.74) is 1.36. The molecule has 0 saturated heterocycles. The lowest BCUT2D eigenvalue weighted by Gasteiger charge is -2.29. The van der Waals surface area contributed by atoms with E-state index in [-0.39, 0.29) is 11.8 Å². The maximum absolute atomic E-state index is 12.6. The van der Waals surface area contributed by atoms with Crippen LogP contribution in [0.15, 0.2) is 0 Å². The summed E-state index contributed by atoms with van der Waals surface area (Å²) in [5.74, 6) is -2.95. The Morgan fingerprint density at radius 3 is 2.12 bits per heavy atom. The van der Waals surface area contributed by atoms with Crippen molar-refractivity contribution in [1.82, 2.24) is 16.1 Å². The van der Waals surface area contributed by atoms with E-state index in [9.17, 15) is 19.5 Å². The molecule has 0 radical (unpaired) electrons. The molecule has 8 nitrogen and oxygen atoms in total. The number of aliphatic hydroxyl groups is 1. The average Bonchev–Trinajstić information content (AvgIpc) is 2.60. The first kappa shape index (κ1) is 21.4. The van der Waals surface area contributed by atoms with Crippen molar-refractivity contribution in [3.63, 3.8) is 0 Å². The molecule has 0 bridgehead atoms. The van der Waals surface area contributed by atoms with Crippen LogP contribution in [-0.2, 0) is 14.4 Å². The third-order valence-corrected chi connectivity index (χ3v) is 4.91. The molecule has 1 fully saturated rings. The van der Waals surface area contributed by atoms with Gasteiger partial charge in [0.2, 0.25) is 11.8 Å². The highest BCUT2D eigenvalue weighted by Crippen LogP contribution is 2.27. The van der Waals surface area contributed by atoms with Gasteiger partial charge in [-0.2, -0.15) is 0 Å². The van der Waals surface area contributed by atoms with Gasteiger partial charge in [0.25, 0.3) is 5.91 Å². The van der Waals surface area contributed by atoms with Gasteiger partial charge in [-0.15, -0.1) is 0 Å². The lowest BCUT2D eigenvalue weighted by Crippen LogP contribution is -2.53. The van der Waals surface area contributed by atoms with Crippen LogP contribution in [-0.4, -0.2) is 47.2 Å². The van der Waals surface area contributed by atoms with Crippen LogP contribution in [0.25, 0.3) is 0 Å². The molecule has 3 amide bonds.